The summed E-state index contributed by atoms with van der Waals surface area (Å²) in [5, 5.41) is 0. The first-order valence-electron chi connectivity index (χ1n) is 6.71. The minimum atomic E-state index is 0.549. The van der Waals surface area contributed by atoms with Gasteiger partial charge in [0.25, 0.3) is 0 Å². The molecule has 0 spiro atoms. The number of hydrogen-bond acceptors (Lipinski definition) is 0. The van der Waals surface area contributed by atoms with Crippen LogP contribution < -0.4 is 0 Å². The largest absolute Gasteiger partial charge is 0.0590 e. The molecule has 0 heteroatoms. The molecule has 0 bridgehead atoms. The third-order valence-corrected chi connectivity index (χ3v) is 3.96. The summed E-state index contributed by atoms with van der Waals surface area (Å²) in [4.78, 5) is 0. The summed E-state index contributed by atoms with van der Waals surface area (Å²) in [6.07, 6.45) is 0. The summed E-state index contributed by atoms with van der Waals surface area (Å²) in [7, 11) is 0. The average molecular weight is 238 g/mol. The van der Waals surface area contributed by atoms with Crippen molar-refractivity contribution in [2.24, 2.45) is 0 Å². The van der Waals surface area contributed by atoms with E-state index < -0.39 is 0 Å². The smallest absolute Gasteiger partial charge is 0.0124 e. The van der Waals surface area contributed by atoms with Crippen LogP contribution >= 0.6 is 0 Å². The quantitative estimate of drug-likeness (QED) is 0.688. The van der Waals surface area contributed by atoms with E-state index in [0.29, 0.717) is 11.8 Å². The molecule has 2 aromatic carbocycles. The van der Waals surface area contributed by atoms with Gasteiger partial charge in [-0.3, -0.25) is 0 Å². The molecule has 0 N–H and O–H groups in total. The first kappa shape index (κ1) is 12.9. The van der Waals surface area contributed by atoms with Crippen molar-refractivity contribution >= 4 is 0 Å². The Balaban J connectivity index is 2.20. The number of aryl methyl sites for hydroxylation is 2. The van der Waals surface area contributed by atoms with Gasteiger partial charge in [0.15, 0.2) is 0 Å². The van der Waals surface area contributed by atoms with Crippen LogP contribution in [0.15, 0.2) is 48.5 Å². The molecular weight excluding hydrogens is 216 g/mol. The van der Waals surface area contributed by atoms with Gasteiger partial charge in [0.05, 0.1) is 0 Å². The Hall–Kier alpha value is -1.56. The van der Waals surface area contributed by atoms with E-state index in [1.807, 2.05) is 0 Å². The van der Waals surface area contributed by atoms with E-state index in [9.17, 15) is 0 Å². The van der Waals surface area contributed by atoms with Crippen molar-refractivity contribution in [1.29, 1.82) is 0 Å². The van der Waals surface area contributed by atoms with Crippen molar-refractivity contribution in [1.82, 2.24) is 0 Å². The lowest BCUT2D eigenvalue weighted by Crippen LogP contribution is -2.04. The highest BCUT2D eigenvalue weighted by Crippen LogP contribution is 2.32. The third kappa shape index (κ3) is 2.81. The van der Waals surface area contributed by atoms with E-state index >= 15 is 0 Å². The topological polar surface area (TPSA) is 0 Å². The standard InChI is InChI=1S/C18H22/c1-13-5-9-17(10-6-13)15(3)16(4)18-11-7-14(2)8-12-18/h5-12,15-16H,1-4H3. The minimum Gasteiger partial charge on any atom is -0.0590 e. The molecule has 0 aromatic heterocycles. The molecule has 0 heterocycles. The van der Waals surface area contributed by atoms with Crippen molar-refractivity contribution in [2.75, 3.05) is 0 Å². The van der Waals surface area contributed by atoms with E-state index in [1.165, 1.54) is 22.3 Å². The number of benzene rings is 2. The van der Waals surface area contributed by atoms with E-state index in [2.05, 4.69) is 76.2 Å². The Morgan fingerprint density at radius 1 is 0.556 bits per heavy atom. The molecule has 0 aliphatic carbocycles. The molecule has 2 rings (SSSR count). The molecular formula is C18H22. The van der Waals surface area contributed by atoms with Gasteiger partial charge in [0, 0.05) is 0 Å². The van der Waals surface area contributed by atoms with Gasteiger partial charge in [0.1, 0.15) is 0 Å². The van der Waals surface area contributed by atoms with E-state index in [1.54, 1.807) is 0 Å². The van der Waals surface area contributed by atoms with Gasteiger partial charge in [-0.05, 0) is 36.8 Å². The lowest BCUT2D eigenvalue weighted by molar-refractivity contribution is 0.623. The molecule has 0 fully saturated rings. The minimum absolute atomic E-state index is 0.549. The highest BCUT2D eigenvalue weighted by molar-refractivity contribution is 5.30. The highest BCUT2D eigenvalue weighted by Gasteiger charge is 2.15. The molecule has 94 valence electrons. The van der Waals surface area contributed by atoms with Gasteiger partial charge in [-0.1, -0.05) is 73.5 Å². The van der Waals surface area contributed by atoms with E-state index in [0.717, 1.165) is 0 Å². The average Bonchev–Trinajstić information content (AvgIpc) is 2.39. The molecule has 0 saturated heterocycles. The lowest BCUT2D eigenvalue weighted by Gasteiger charge is -2.21. The van der Waals surface area contributed by atoms with Crippen LogP contribution in [0.4, 0.5) is 0 Å². The van der Waals surface area contributed by atoms with Crippen molar-refractivity contribution in [2.45, 2.75) is 39.5 Å². The molecule has 0 nitrogen and oxygen atoms in total. The van der Waals surface area contributed by atoms with Crippen LogP contribution in [0.3, 0.4) is 0 Å². The summed E-state index contributed by atoms with van der Waals surface area (Å²) >= 11 is 0. The van der Waals surface area contributed by atoms with Crippen molar-refractivity contribution < 1.29 is 0 Å². The normalized spacial score (nSPS) is 14.2. The van der Waals surface area contributed by atoms with E-state index in [4.69, 9.17) is 0 Å². The van der Waals surface area contributed by atoms with Gasteiger partial charge < -0.3 is 0 Å². The Bertz CT molecular complexity index is 441. The van der Waals surface area contributed by atoms with Gasteiger partial charge in [-0.25, -0.2) is 0 Å². The van der Waals surface area contributed by atoms with Crippen molar-refractivity contribution in [3.63, 3.8) is 0 Å². The fraction of sp³-hybridized carbons (Fsp3) is 0.333. The Labute approximate surface area is 111 Å². The Kier molecular flexibility index (Phi) is 3.86. The summed E-state index contributed by atoms with van der Waals surface area (Å²) in [6, 6.07) is 17.8. The first-order chi connectivity index (χ1) is 8.58. The maximum atomic E-state index is 2.31. The second kappa shape index (κ2) is 5.39. The maximum Gasteiger partial charge on any atom is -0.0124 e. The molecule has 2 aromatic rings. The van der Waals surface area contributed by atoms with Crippen molar-refractivity contribution in [3.05, 3.63) is 70.8 Å². The summed E-state index contributed by atoms with van der Waals surface area (Å²) in [5.41, 5.74) is 5.50. The second-order valence-corrected chi connectivity index (χ2v) is 5.40. The van der Waals surface area contributed by atoms with Crippen LogP contribution in [0, 0.1) is 13.8 Å². The van der Waals surface area contributed by atoms with Gasteiger partial charge >= 0.3 is 0 Å². The SMILES string of the molecule is Cc1ccc(C(C)C(C)c2ccc(C)cc2)cc1. The molecule has 0 radical (unpaired) electrons. The molecule has 18 heavy (non-hydrogen) atoms. The molecule has 0 aliphatic rings. The van der Waals surface area contributed by atoms with Crippen LogP contribution in [-0.4, -0.2) is 0 Å². The fourth-order valence-corrected chi connectivity index (χ4v) is 2.32. The molecule has 0 amide bonds. The number of rotatable bonds is 3. The van der Waals surface area contributed by atoms with Gasteiger partial charge in [-0.15, -0.1) is 0 Å². The van der Waals surface area contributed by atoms with Crippen LogP contribution in [0.5, 0.6) is 0 Å². The second-order valence-electron chi connectivity index (χ2n) is 5.40. The molecule has 0 aliphatic heterocycles. The Morgan fingerprint density at radius 2 is 0.833 bits per heavy atom. The maximum absolute atomic E-state index is 2.31. The predicted octanol–water partition coefficient (Wildman–Crippen LogP) is 5.21. The zero-order chi connectivity index (χ0) is 13.1. The monoisotopic (exact) mass is 238 g/mol. The third-order valence-electron chi connectivity index (χ3n) is 3.96. The van der Waals surface area contributed by atoms with Crippen LogP contribution in [-0.2, 0) is 0 Å². The highest BCUT2D eigenvalue weighted by atomic mass is 14.2. The zero-order valence-corrected chi connectivity index (χ0v) is 11.8. The molecule has 2 unspecified atom stereocenters. The van der Waals surface area contributed by atoms with Gasteiger partial charge in [0.2, 0.25) is 0 Å². The summed E-state index contributed by atoms with van der Waals surface area (Å²) in [5.74, 6) is 1.10. The zero-order valence-electron chi connectivity index (χ0n) is 11.8. The Morgan fingerprint density at radius 3 is 1.11 bits per heavy atom. The summed E-state index contributed by atoms with van der Waals surface area (Å²) in [6.45, 7) is 8.90. The van der Waals surface area contributed by atoms with Crippen LogP contribution in [0.1, 0.15) is 47.9 Å². The predicted molar refractivity (Wildman–Crippen MR) is 79.2 cm³/mol. The van der Waals surface area contributed by atoms with Gasteiger partial charge in [-0.2, -0.15) is 0 Å². The molecule has 0 saturated carbocycles. The fourth-order valence-electron chi connectivity index (χ4n) is 2.32. The number of hydrogen-bond donors (Lipinski definition) is 0. The first-order valence-corrected chi connectivity index (χ1v) is 6.71. The lowest BCUT2D eigenvalue weighted by atomic mass is 9.84. The summed E-state index contributed by atoms with van der Waals surface area (Å²) < 4.78 is 0. The van der Waals surface area contributed by atoms with Crippen LogP contribution in [0.25, 0.3) is 0 Å². The molecule has 2 atom stereocenters. The van der Waals surface area contributed by atoms with Crippen LogP contribution in [0.2, 0.25) is 0 Å². The van der Waals surface area contributed by atoms with E-state index in [-0.39, 0.29) is 0 Å². The van der Waals surface area contributed by atoms with Crippen molar-refractivity contribution in [3.8, 4) is 0 Å².